The van der Waals surface area contributed by atoms with Crippen molar-refractivity contribution in [1.82, 2.24) is 0 Å². The third kappa shape index (κ3) is 9.18. The molecule has 0 amide bonds. The lowest BCUT2D eigenvalue weighted by molar-refractivity contribution is -0.255. The highest BCUT2D eigenvalue weighted by molar-refractivity contribution is 14.1. The summed E-state index contributed by atoms with van der Waals surface area (Å²) >= 11 is 2.15. The predicted octanol–water partition coefficient (Wildman–Crippen LogP) is 4.95. The zero-order valence-corrected chi connectivity index (χ0v) is 16.3. The van der Waals surface area contributed by atoms with Gasteiger partial charge in [0.1, 0.15) is 5.75 Å². The Morgan fingerprint density at radius 1 is 1.00 bits per heavy atom. The van der Waals surface area contributed by atoms with Crippen molar-refractivity contribution >= 4 is 28.6 Å². The molecule has 1 aromatic carbocycles. The monoisotopic (exact) mass is 431 g/mol. The second kappa shape index (κ2) is 12.6. The highest BCUT2D eigenvalue weighted by atomic mass is 127. The molecule has 23 heavy (non-hydrogen) atoms. The largest absolute Gasteiger partial charge is 0.545 e. The molecule has 4 heteroatoms. The van der Waals surface area contributed by atoms with Crippen LogP contribution in [0.2, 0.25) is 0 Å². The van der Waals surface area contributed by atoms with E-state index in [0.717, 1.165) is 16.4 Å². The van der Waals surface area contributed by atoms with Gasteiger partial charge in [-0.25, -0.2) is 0 Å². The molecule has 0 bridgehead atoms. The Morgan fingerprint density at radius 2 is 1.57 bits per heavy atom. The topological polar surface area (TPSA) is 49.4 Å². The Balaban J connectivity index is 2.09. The van der Waals surface area contributed by atoms with Gasteiger partial charge in [0.2, 0.25) is 0 Å². The second-order valence-electron chi connectivity index (χ2n) is 5.96. The first-order valence-electron chi connectivity index (χ1n) is 8.79. The van der Waals surface area contributed by atoms with Crippen molar-refractivity contribution in [3.05, 3.63) is 27.3 Å². The van der Waals surface area contributed by atoms with Gasteiger partial charge in [-0.05, 0) is 47.2 Å². The molecule has 0 atom stereocenters. The van der Waals surface area contributed by atoms with Gasteiger partial charge in [-0.3, -0.25) is 0 Å². The molecular formula is C19H28IO3-. The standard InChI is InChI=1S/C19H29IO3/c1-2-3-4-5-6-7-8-9-10-11-14-23-18-15-16(20)12-13-17(18)19(21)22/h12-13,15H,2-11,14H2,1H3,(H,21,22)/p-1. The molecule has 0 unspecified atom stereocenters. The molecule has 0 aliphatic rings. The van der Waals surface area contributed by atoms with E-state index in [4.69, 9.17) is 4.74 Å². The minimum absolute atomic E-state index is 0.137. The van der Waals surface area contributed by atoms with Crippen LogP contribution in [0.25, 0.3) is 0 Å². The summed E-state index contributed by atoms with van der Waals surface area (Å²) in [5, 5.41) is 11.0. The number of unbranched alkanes of at least 4 members (excludes halogenated alkanes) is 9. The Labute approximate surface area is 154 Å². The summed E-state index contributed by atoms with van der Waals surface area (Å²) in [6, 6.07) is 5.05. The van der Waals surface area contributed by atoms with E-state index in [0.29, 0.717) is 12.4 Å². The Morgan fingerprint density at radius 3 is 2.13 bits per heavy atom. The van der Waals surface area contributed by atoms with Crippen molar-refractivity contribution in [1.29, 1.82) is 0 Å². The van der Waals surface area contributed by atoms with Crippen LogP contribution in [0.3, 0.4) is 0 Å². The van der Waals surface area contributed by atoms with Crippen molar-refractivity contribution in [2.75, 3.05) is 6.61 Å². The van der Waals surface area contributed by atoms with Gasteiger partial charge in [0.15, 0.2) is 0 Å². The van der Waals surface area contributed by atoms with Gasteiger partial charge in [-0.15, -0.1) is 0 Å². The molecule has 0 N–H and O–H groups in total. The molecule has 0 fully saturated rings. The van der Waals surface area contributed by atoms with Crippen LogP contribution in [-0.4, -0.2) is 12.6 Å². The molecule has 0 saturated heterocycles. The van der Waals surface area contributed by atoms with Gasteiger partial charge in [0.25, 0.3) is 0 Å². The summed E-state index contributed by atoms with van der Waals surface area (Å²) in [5.74, 6) is -0.757. The van der Waals surface area contributed by atoms with Crippen LogP contribution in [0.15, 0.2) is 18.2 Å². The number of hydrogen-bond donors (Lipinski definition) is 0. The quantitative estimate of drug-likeness (QED) is 0.328. The molecule has 130 valence electrons. The van der Waals surface area contributed by atoms with E-state index in [2.05, 4.69) is 29.5 Å². The number of carboxylic acid groups (broad SMARTS) is 1. The van der Waals surface area contributed by atoms with Crippen molar-refractivity contribution in [3.8, 4) is 5.75 Å². The van der Waals surface area contributed by atoms with Gasteiger partial charge < -0.3 is 14.6 Å². The fraction of sp³-hybridized carbons (Fsp3) is 0.632. The van der Waals surface area contributed by atoms with E-state index in [9.17, 15) is 9.90 Å². The zero-order valence-electron chi connectivity index (χ0n) is 14.1. The van der Waals surface area contributed by atoms with Crippen LogP contribution in [-0.2, 0) is 0 Å². The summed E-state index contributed by atoms with van der Waals surface area (Å²) in [5.41, 5.74) is 0.137. The van der Waals surface area contributed by atoms with Gasteiger partial charge in [0.05, 0.1) is 12.6 Å². The maximum absolute atomic E-state index is 11.0. The van der Waals surface area contributed by atoms with Crippen LogP contribution >= 0.6 is 22.6 Å². The van der Waals surface area contributed by atoms with Crippen LogP contribution < -0.4 is 9.84 Å². The first-order valence-corrected chi connectivity index (χ1v) is 9.86. The SMILES string of the molecule is CCCCCCCCCCCCOc1cc(I)ccc1C(=O)[O-]. The lowest BCUT2D eigenvalue weighted by Gasteiger charge is -2.12. The highest BCUT2D eigenvalue weighted by Crippen LogP contribution is 2.21. The molecule has 3 nitrogen and oxygen atoms in total. The van der Waals surface area contributed by atoms with Crippen molar-refractivity contribution in [2.45, 2.75) is 71.1 Å². The molecule has 0 spiro atoms. The van der Waals surface area contributed by atoms with E-state index < -0.39 is 5.97 Å². The number of halogens is 1. The Hall–Kier alpha value is -0.780. The molecule has 0 aliphatic heterocycles. The number of benzene rings is 1. The molecule has 1 rings (SSSR count). The molecule has 0 radical (unpaired) electrons. The van der Waals surface area contributed by atoms with E-state index in [-0.39, 0.29) is 5.56 Å². The van der Waals surface area contributed by atoms with E-state index in [1.54, 1.807) is 18.2 Å². The predicted molar refractivity (Wildman–Crippen MR) is 101 cm³/mol. The van der Waals surface area contributed by atoms with E-state index >= 15 is 0 Å². The van der Waals surface area contributed by atoms with E-state index in [1.807, 2.05) is 0 Å². The molecule has 0 heterocycles. The van der Waals surface area contributed by atoms with Crippen LogP contribution in [0.5, 0.6) is 5.75 Å². The summed E-state index contributed by atoms with van der Waals surface area (Å²) in [7, 11) is 0. The van der Waals surface area contributed by atoms with Crippen molar-refractivity contribution in [3.63, 3.8) is 0 Å². The summed E-state index contributed by atoms with van der Waals surface area (Å²) in [6.07, 6.45) is 12.7. The van der Waals surface area contributed by atoms with Gasteiger partial charge >= 0.3 is 0 Å². The summed E-state index contributed by atoms with van der Waals surface area (Å²) in [4.78, 5) is 11.0. The number of carbonyl (C=O) groups excluding carboxylic acids is 1. The Bertz CT molecular complexity index is 460. The number of rotatable bonds is 13. The normalized spacial score (nSPS) is 10.7. The number of aromatic carboxylic acids is 1. The lowest BCUT2D eigenvalue weighted by Crippen LogP contribution is -2.23. The molecule has 0 aromatic heterocycles. The summed E-state index contributed by atoms with van der Waals surface area (Å²) in [6.45, 7) is 2.81. The van der Waals surface area contributed by atoms with Crippen LogP contribution in [0, 0.1) is 3.57 Å². The van der Waals surface area contributed by atoms with Crippen LogP contribution in [0.4, 0.5) is 0 Å². The van der Waals surface area contributed by atoms with Gasteiger partial charge in [-0.1, -0.05) is 64.7 Å². The smallest absolute Gasteiger partial charge is 0.129 e. The third-order valence-corrected chi connectivity index (χ3v) is 4.59. The van der Waals surface area contributed by atoms with E-state index in [1.165, 1.54) is 51.4 Å². The fourth-order valence-corrected chi connectivity index (χ4v) is 3.02. The van der Waals surface area contributed by atoms with Crippen molar-refractivity contribution in [2.24, 2.45) is 0 Å². The van der Waals surface area contributed by atoms with Gasteiger partial charge in [-0.2, -0.15) is 0 Å². The number of carbonyl (C=O) groups is 1. The molecule has 0 saturated carbocycles. The molecule has 1 aromatic rings. The zero-order chi connectivity index (χ0) is 16.9. The number of hydrogen-bond acceptors (Lipinski definition) is 3. The van der Waals surface area contributed by atoms with Crippen LogP contribution in [0.1, 0.15) is 81.5 Å². The first-order chi connectivity index (χ1) is 11.1. The maximum Gasteiger partial charge on any atom is 0.129 e. The third-order valence-electron chi connectivity index (χ3n) is 3.92. The number of ether oxygens (including phenoxy) is 1. The Kier molecular flexibility index (Phi) is 11.1. The molecular weight excluding hydrogens is 403 g/mol. The molecule has 0 aliphatic carbocycles. The number of carboxylic acids is 1. The highest BCUT2D eigenvalue weighted by Gasteiger charge is 2.05. The summed E-state index contributed by atoms with van der Waals surface area (Å²) < 4.78 is 6.59. The first kappa shape index (κ1) is 20.3. The van der Waals surface area contributed by atoms with Crippen molar-refractivity contribution < 1.29 is 14.6 Å². The van der Waals surface area contributed by atoms with Gasteiger partial charge in [0, 0.05) is 9.13 Å². The fourth-order valence-electron chi connectivity index (χ4n) is 2.56. The minimum Gasteiger partial charge on any atom is -0.545 e. The average Bonchev–Trinajstić information content (AvgIpc) is 2.52. The maximum atomic E-state index is 11.0. The second-order valence-corrected chi connectivity index (χ2v) is 7.20. The minimum atomic E-state index is -1.18. The average molecular weight is 431 g/mol. The lowest BCUT2D eigenvalue weighted by atomic mass is 10.1.